The van der Waals surface area contributed by atoms with Gasteiger partial charge >= 0.3 is 12.2 Å². The van der Waals surface area contributed by atoms with Crippen LogP contribution >= 0.6 is 0 Å². The first-order valence-electron chi connectivity index (χ1n) is 14.1. The van der Waals surface area contributed by atoms with Crippen molar-refractivity contribution in [1.29, 1.82) is 0 Å². The number of alkyl carbamates (subject to hydrolysis) is 1. The van der Waals surface area contributed by atoms with Crippen molar-refractivity contribution in [2.24, 2.45) is 0 Å². The molecule has 1 aliphatic rings. The van der Waals surface area contributed by atoms with Crippen LogP contribution in [-0.4, -0.2) is 59.9 Å². The molecule has 2 heterocycles. The minimum atomic E-state index is -0.600. The standard InChI is InChI=1S/C30H40N6O7/c1-17-14-18-10-11-30(5,6)19(18)15-21(17)43-28-32-20(16-42-28)23(37)33-22-24(39-7)34-26(35-25(22)40-8)31-12-9-13-41-27(38)36-29(2,3)4/h14-16H,9-13H2,1-8H3,(H,33,37)(H,36,38)(H,31,34,35). The average Bonchev–Trinajstić information content (AvgIpc) is 3.52. The quantitative estimate of drug-likeness (QED) is 0.244. The number of aromatic nitrogens is 3. The second kappa shape index (κ2) is 12.8. The third-order valence-corrected chi connectivity index (χ3v) is 6.84. The molecule has 0 fully saturated rings. The summed E-state index contributed by atoms with van der Waals surface area (Å²) in [6.45, 7) is 12.6. The molecule has 4 rings (SSSR count). The summed E-state index contributed by atoms with van der Waals surface area (Å²) in [7, 11) is 2.82. The van der Waals surface area contributed by atoms with Crippen molar-refractivity contribution in [1.82, 2.24) is 20.3 Å². The van der Waals surface area contributed by atoms with E-state index in [1.807, 2.05) is 33.8 Å². The van der Waals surface area contributed by atoms with Gasteiger partial charge < -0.3 is 39.3 Å². The van der Waals surface area contributed by atoms with Gasteiger partial charge in [0.05, 0.1) is 20.8 Å². The van der Waals surface area contributed by atoms with Gasteiger partial charge in [-0.15, -0.1) is 0 Å². The predicted octanol–water partition coefficient (Wildman–Crippen LogP) is 5.39. The lowest BCUT2D eigenvalue weighted by molar-refractivity contribution is 0.102. The van der Waals surface area contributed by atoms with Gasteiger partial charge in [-0.1, -0.05) is 19.9 Å². The number of benzene rings is 1. The van der Waals surface area contributed by atoms with Gasteiger partial charge in [-0.25, -0.2) is 4.79 Å². The molecule has 0 radical (unpaired) electrons. The second-order valence-electron chi connectivity index (χ2n) is 11.9. The Balaban J connectivity index is 1.38. The Bertz CT molecular complexity index is 1450. The number of nitrogens with zero attached hydrogens (tertiary/aromatic N) is 3. The van der Waals surface area contributed by atoms with Crippen molar-refractivity contribution >= 4 is 23.6 Å². The fraction of sp³-hybridized carbons (Fsp3) is 0.500. The van der Waals surface area contributed by atoms with E-state index in [9.17, 15) is 9.59 Å². The second-order valence-corrected chi connectivity index (χ2v) is 11.9. The van der Waals surface area contributed by atoms with Gasteiger partial charge in [0.15, 0.2) is 11.4 Å². The van der Waals surface area contributed by atoms with E-state index in [1.165, 1.54) is 31.6 Å². The van der Waals surface area contributed by atoms with Crippen LogP contribution in [0.5, 0.6) is 23.6 Å². The highest BCUT2D eigenvalue weighted by molar-refractivity contribution is 6.04. The minimum absolute atomic E-state index is 0.0176. The summed E-state index contributed by atoms with van der Waals surface area (Å²) >= 11 is 0. The molecule has 43 heavy (non-hydrogen) atoms. The molecule has 13 heteroatoms. The number of rotatable bonds is 11. The maximum atomic E-state index is 13.1. The Morgan fingerprint density at radius 1 is 1.07 bits per heavy atom. The van der Waals surface area contributed by atoms with Gasteiger partial charge in [-0.3, -0.25) is 4.79 Å². The molecule has 2 aromatic heterocycles. The van der Waals surface area contributed by atoms with Gasteiger partial charge in [0, 0.05) is 12.1 Å². The molecule has 2 amide bonds. The summed E-state index contributed by atoms with van der Waals surface area (Å²) in [5, 5.41) is 8.44. The number of oxazole rings is 1. The fourth-order valence-electron chi connectivity index (χ4n) is 4.64. The monoisotopic (exact) mass is 596 g/mol. The van der Waals surface area contributed by atoms with Crippen LogP contribution in [0, 0.1) is 6.92 Å². The highest BCUT2D eigenvalue weighted by Gasteiger charge is 2.31. The normalized spacial score (nSPS) is 13.6. The SMILES string of the molecule is COc1nc(NCCCOC(=O)NC(C)(C)C)nc(OC)c1NC(=O)c1coc(Oc2cc3c(cc2C)CCC3(C)C)n1. The zero-order chi connectivity index (χ0) is 31.4. The number of carbonyl (C=O) groups is 2. The molecule has 0 saturated carbocycles. The van der Waals surface area contributed by atoms with Crippen molar-refractivity contribution in [3.05, 3.63) is 40.8 Å². The summed E-state index contributed by atoms with van der Waals surface area (Å²) in [4.78, 5) is 37.7. The lowest BCUT2D eigenvalue weighted by Gasteiger charge is -2.20. The number of fused-ring (bicyclic) bond motifs is 1. The maximum absolute atomic E-state index is 13.1. The van der Waals surface area contributed by atoms with Crippen LogP contribution in [0.1, 0.15) is 74.6 Å². The topological polar surface area (TPSA) is 159 Å². The van der Waals surface area contributed by atoms with Crippen LogP contribution in [0.25, 0.3) is 0 Å². The number of hydrogen-bond acceptors (Lipinski definition) is 11. The Hall–Kier alpha value is -4.55. The van der Waals surface area contributed by atoms with Crippen LogP contribution in [0.15, 0.2) is 22.8 Å². The summed E-state index contributed by atoms with van der Waals surface area (Å²) in [5.74, 6) is 0.370. The predicted molar refractivity (Wildman–Crippen MR) is 160 cm³/mol. The molecule has 0 atom stereocenters. The number of amides is 2. The van der Waals surface area contributed by atoms with E-state index < -0.39 is 12.0 Å². The van der Waals surface area contributed by atoms with Crippen molar-refractivity contribution in [2.45, 2.75) is 71.8 Å². The van der Waals surface area contributed by atoms with Crippen molar-refractivity contribution in [3.63, 3.8) is 0 Å². The van der Waals surface area contributed by atoms with Gasteiger partial charge in [-0.2, -0.15) is 15.0 Å². The molecule has 1 aromatic carbocycles. The number of nitrogens with one attached hydrogen (secondary N) is 3. The summed E-state index contributed by atoms with van der Waals surface area (Å²) < 4.78 is 27.3. The molecular weight excluding hydrogens is 556 g/mol. The number of aryl methyl sites for hydroxylation is 2. The molecule has 0 aliphatic heterocycles. The third kappa shape index (κ3) is 7.85. The van der Waals surface area contributed by atoms with Crippen LogP contribution in [-0.2, 0) is 16.6 Å². The van der Waals surface area contributed by atoms with E-state index in [0.29, 0.717) is 18.7 Å². The maximum Gasteiger partial charge on any atom is 0.407 e. The number of ether oxygens (including phenoxy) is 4. The third-order valence-electron chi connectivity index (χ3n) is 6.84. The summed E-state index contributed by atoms with van der Waals surface area (Å²) in [6.07, 6.45) is 3.28. The van der Waals surface area contributed by atoms with Gasteiger partial charge in [0.25, 0.3) is 5.91 Å². The molecule has 3 N–H and O–H groups in total. The molecule has 13 nitrogen and oxygen atoms in total. The first kappa shape index (κ1) is 31.4. The summed E-state index contributed by atoms with van der Waals surface area (Å²) in [5.41, 5.74) is 3.30. The van der Waals surface area contributed by atoms with E-state index in [2.05, 4.69) is 50.8 Å². The number of anilines is 2. The van der Waals surface area contributed by atoms with E-state index >= 15 is 0 Å². The smallest absolute Gasteiger partial charge is 0.407 e. The van der Waals surface area contributed by atoms with Gasteiger partial charge in [-0.05, 0) is 75.1 Å². The van der Waals surface area contributed by atoms with Crippen LogP contribution in [0.3, 0.4) is 0 Å². The Morgan fingerprint density at radius 3 is 2.42 bits per heavy atom. The highest BCUT2D eigenvalue weighted by atomic mass is 16.6. The summed E-state index contributed by atoms with van der Waals surface area (Å²) in [6, 6.07) is 4.16. The Morgan fingerprint density at radius 2 is 1.77 bits per heavy atom. The van der Waals surface area contributed by atoms with Gasteiger partial charge in [0.1, 0.15) is 12.0 Å². The lowest BCUT2D eigenvalue weighted by Crippen LogP contribution is -2.41. The van der Waals surface area contributed by atoms with Crippen LogP contribution < -0.4 is 30.2 Å². The lowest BCUT2D eigenvalue weighted by atomic mass is 9.86. The zero-order valence-corrected chi connectivity index (χ0v) is 26.0. The Kier molecular flexibility index (Phi) is 9.31. The highest BCUT2D eigenvalue weighted by Crippen LogP contribution is 2.42. The molecule has 0 unspecified atom stereocenters. The van der Waals surface area contributed by atoms with E-state index in [-0.39, 0.29) is 52.7 Å². The molecule has 232 valence electrons. The van der Waals surface area contributed by atoms with Crippen molar-refractivity contribution in [3.8, 4) is 23.6 Å². The molecule has 1 aliphatic carbocycles. The molecule has 0 spiro atoms. The molecule has 0 bridgehead atoms. The first-order chi connectivity index (χ1) is 20.3. The first-order valence-corrected chi connectivity index (χ1v) is 14.1. The average molecular weight is 597 g/mol. The largest absolute Gasteiger partial charge is 0.479 e. The van der Waals surface area contributed by atoms with Crippen molar-refractivity contribution in [2.75, 3.05) is 38.0 Å². The number of methoxy groups -OCH3 is 2. The molecule has 0 saturated heterocycles. The number of hydrogen-bond donors (Lipinski definition) is 3. The van der Waals surface area contributed by atoms with Crippen molar-refractivity contribution < 1.29 is 33.0 Å². The molecular formula is C30H40N6O7. The zero-order valence-electron chi connectivity index (χ0n) is 26.0. The van der Waals surface area contributed by atoms with Gasteiger partial charge in [0.2, 0.25) is 17.7 Å². The van der Waals surface area contributed by atoms with E-state index in [0.717, 1.165) is 18.4 Å². The van der Waals surface area contributed by atoms with Crippen LogP contribution in [0.4, 0.5) is 16.4 Å². The van der Waals surface area contributed by atoms with E-state index in [4.69, 9.17) is 23.4 Å². The van der Waals surface area contributed by atoms with Crippen LogP contribution in [0.2, 0.25) is 0 Å². The number of carbonyl (C=O) groups excluding carboxylic acids is 2. The Labute approximate surface area is 251 Å². The minimum Gasteiger partial charge on any atom is -0.479 e. The fourth-order valence-corrected chi connectivity index (χ4v) is 4.64. The molecule has 3 aromatic rings. The van der Waals surface area contributed by atoms with E-state index in [1.54, 1.807) is 0 Å².